The summed E-state index contributed by atoms with van der Waals surface area (Å²) in [5.41, 5.74) is 1.15. The van der Waals surface area contributed by atoms with Crippen molar-refractivity contribution < 1.29 is 9.90 Å². The molecule has 0 radical (unpaired) electrons. The molecule has 5 rings (SSSR count). The van der Waals surface area contributed by atoms with Crippen LogP contribution in [-0.2, 0) is 11.2 Å². The van der Waals surface area contributed by atoms with E-state index in [9.17, 15) is 9.90 Å². The van der Waals surface area contributed by atoms with Crippen LogP contribution in [0.15, 0.2) is 30.3 Å². The quantitative estimate of drug-likeness (QED) is 0.877. The largest absolute Gasteiger partial charge is 0.392 e. The van der Waals surface area contributed by atoms with E-state index in [-0.39, 0.29) is 17.6 Å². The van der Waals surface area contributed by atoms with Gasteiger partial charge in [-0.05, 0) is 24.8 Å². The van der Waals surface area contributed by atoms with Crippen LogP contribution in [0.25, 0.3) is 0 Å². The van der Waals surface area contributed by atoms with E-state index in [1.54, 1.807) is 0 Å². The first-order valence-corrected chi connectivity index (χ1v) is 10.6. The molecule has 0 aromatic heterocycles. The first kappa shape index (κ1) is 17.7. The van der Waals surface area contributed by atoms with E-state index in [1.165, 1.54) is 25.7 Å². The van der Waals surface area contributed by atoms with E-state index in [2.05, 4.69) is 14.7 Å². The van der Waals surface area contributed by atoms with Crippen molar-refractivity contribution in [2.45, 2.75) is 62.3 Å². The maximum absolute atomic E-state index is 13.0. The van der Waals surface area contributed by atoms with Gasteiger partial charge in [0.25, 0.3) is 0 Å². The average Bonchev–Trinajstić information content (AvgIpc) is 3.28. The van der Waals surface area contributed by atoms with E-state index in [4.69, 9.17) is 0 Å². The Morgan fingerprint density at radius 3 is 2.52 bits per heavy atom. The van der Waals surface area contributed by atoms with Crippen molar-refractivity contribution in [3.63, 3.8) is 0 Å². The van der Waals surface area contributed by atoms with Gasteiger partial charge < -0.3 is 10.0 Å². The van der Waals surface area contributed by atoms with Gasteiger partial charge in [0.15, 0.2) is 0 Å². The Balaban J connectivity index is 1.31. The summed E-state index contributed by atoms with van der Waals surface area (Å²) in [5.74, 6) is 0.237. The van der Waals surface area contributed by atoms with Crippen LogP contribution in [0, 0.1) is 0 Å². The molecule has 1 N–H and O–H groups in total. The van der Waals surface area contributed by atoms with Crippen LogP contribution >= 0.6 is 0 Å². The summed E-state index contributed by atoms with van der Waals surface area (Å²) in [5, 5.41) is 10.3. The zero-order valence-corrected chi connectivity index (χ0v) is 16.1. The molecule has 1 aromatic carbocycles. The minimum Gasteiger partial charge on any atom is -0.392 e. The molecule has 3 saturated heterocycles. The predicted molar refractivity (Wildman–Crippen MR) is 104 cm³/mol. The van der Waals surface area contributed by atoms with Crippen LogP contribution < -0.4 is 0 Å². The number of aliphatic hydroxyl groups is 1. The molecule has 0 bridgehead atoms. The van der Waals surface area contributed by atoms with Gasteiger partial charge in [-0.25, -0.2) is 0 Å². The molecule has 1 aliphatic carbocycles. The van der Waals surface area contributed by atoms with Gasteiger partial charge in [0, 0.05) is 44.8 Å². The fourth-order valence-electron chi connectivity index (χ4n) is 6.00. The highest BCUT2D eigenvalue weighted by atomic mass is 16.3. The Hall–Kier alpha value is -1.43. The topological polar surface area (TPSA) is 47.0 Å². The second-order valence-corrected chi connectivity index (χ2v) is 9.20. The number of fused-ring (bicyclic) bond motifs is 2. The normalized spacial score (nSPS) is 31.2. The fourth-order valence-corrected chi connectivity index (χ4v) is 6.00. The Bertz CT molecular complexity index is 682. The van der Waals surface area contributed by atoms with E-state index >= 15 is 0 Å². The monoisotopic (exact) mass is 369 g/mol. The van der Waals surface area contributed by atoms with Gasteiger partial charge >= 0.3 is 0 Å². The summed E-state index contributed by atoms with van der Waals surface area (Å²) in [6.07, 6.45) is 6.44. The summed E-state index contributed by atoms with van der Waals surface area (Å²) < 4.78 is 0. The zero-order valence-electron chi connectivity index (χ0n) is 16.1. The number of carbonyl (C=O) groups excluding carboxylic acids is 1. The van der Waals surface area contributed by atoms with Crippen molar-refractivity contribution in [1.29, 1.82) is 0 Å². The maximum atomic E-state index is 13.0. The highest BCUT2D eigenvalue weighted by molar-refractivity contribution is 5.79. The lowest BCUT2D eigenvalue weighted by Gasteiger charge is -2.62. The van der Waals surface area contributed by atoms with Crippen molar-refractivity contribution in [2.75, 3.05) is 32.7 Å². The third-order valence-corrected chi connectivity index (χ3v) is 7.30. The molecule has 2 atom stereocenters. The standard InChI is InChI=1S/C22H31N3O2/c26-20-11-19-12-23(21(27)10-17-6-2-1-3-7-17)14-22(25(19)13-20)15-24(16-22)18-8-4-5-9-18/h1-3,6-7,18-20,26H,4-5,8-16H2. The lowest BCUT2D eigenvalue weighted by molar-refractivity contribution is -0.153. The summed E-state index contributed by atoms with van der Waals surface area (Å²) >= 11 is 0. The second kappa shape index (κ2) is 6.87. The Morgan fingerprint density at radius 1 is 1.04 bits per heavy atom. The number of likely N-dealkylation sites (tertiary alicyclic amines) is 1. The molecule has 3 heterocycles. The molecule has 1 amide bonds. The molecule has 1 aromatic rings. The van der Waals surface area contributed by atoms with Gasteiger partial charge in [0.1, 0.15) is 0 Å². The van der Waals surface area contributed by atoms with Crippen molar-refractivity contribution in [3.05, 3.63) is 35.9 Å². The molecular formula is C22H31N3O2. The molecule has 4 aliphatic rings. The van der Waals surface area contributed by atoms with Crippen LogP contribution in [0.5, 0.6) is 0 Å². The number of benzene rings is 1. The van der Waals surface area contributed by atoms with Gasteiger partial charge in [0.2, 0.25) is 5.91 Å². The number of aliphatic hydroxyl groups excluding tert-OH is 1. The number of nitrogens with zero attached hydrogens (tertiary/aromatic N) is 3. The van der Waals surface area contributed by atoms with Crippen LogP contribution in [0.3, 0.4) is 0 Å². The molecule has 146 valence electrons. The number of hydrogen-bond donors (Lipinski definition) is 1. The lowest BCUT2D eigenvalue weighted by Crippen LogP contribution is -2.79. The van der Waals surface area contributed by atoms with Gasteiger partial charge in [0.05, 0.1) is 18.1 Å². The van der Waals surface area contributed by atoms with E-state index in [0.29, 0.717) is 12.5 Å². The van der Waals surface area contributed by atoms with E-state index in [0.717, 1.165) is 50.7 Å². The van der Waals surface area contributed by atoms with Gasteiger partial charge in [-0.15, -0.1) is 0 Å². The molecule has 27 heavy (non-hydrogen) atoms. The lowest BCUT2D eigenvalue weighted by atomic mass is 9.82. The van der Waals surface area contributed by atoms with Crippen LogP contribution in [0.4, 0.5) is 0 Å². The minimum atomic E-state index is -0.239. The number of carbonyl (C=O) groups is 1. The number of hydrogen-bond acceptors (Lipinski definition) is 4. The Kier molecular flexibility index (Phi) is 4.49. The number of rotatable bonds is 3. The van der Waals surface area contributed by atoms with Gasteiger partial charge in [-0.3, -0.25) is 14.6 Å². The first-order valence-electron chi connectivity index (χ1n) is 10.6. The fraction of sp³-hybridized carbons (Fsp3) is 0.682. The minimum absolute atomic E-state index is 0.0648. The van der Waals surface area contributed by atoms with Crippen molar-refractivity contribution >= 4 is 5.91 Å². The molecular weight excluding hydrogens is 338 g/mol. The SMILES string of the molecule is O=C(Cc1ccccc1)N1CC2CC(O)CN2C2(C1)CN(C1CCCC1)C2. The van der Waals surface area contributed by atoms with Crippen LogP contribution in [-0.4, -0.2) is 82.2 Å². The Labute approximate surface area is 161 Å². The van der Waals surface area contributed by atoms with Crippen molar-refractivity contribution in [1.82, 2.24) is 14.7 Å². The number of β-amino-alcohol motifs (C(OH)–C–C–N with tert-alkyl or cyclic N) is 1. The molecule has 4 fully saturated rings. The summed E-state index contributed by atoms with van der Waals surface area (Å²) in [7, 11) is 0. The predicted octanol–water partition coefficient (Wildman–Crippen LogP) is 1.50. The molecule has 1 spiro atoms. The average molecular weight is 370 g/mol. The molecule has 1 saturated carbocycles. The van der Waals surface area contributed by atoms with Crippen molar-refractivity contribution in [3.8, 4) is 0 Å². The summed E-state index contributed by atoms with van der Waals surface area (Å²) in [4.78, 5) is 20.3. The third kappa shape index (κ3) is 3.20. The Morgan fingerprint density at radius 2 is 1.78 bits per heavy atom. The van der Waals surface area contributed by atoms with E-state index < -0.39 is 0 Å². The summed E-state index contributed by atoms with van der Waals surface area (Å²) in [6.45, 7) is 4.51. The molecule has 3 aliphatic heterocycles. The van der Waals surface area contributed by atoms with E-state index in [1.807, 2.05) is 30.3 Å². The van der Waals surface area contributed by atoms with Crippen molar-refractivity contribution in [2.24, 2.45) is 0 Å². The second-order valence-electron chi connectivity index (χ2n) is 9.20. The van der Waals surface area contributed by atoms with Crippen LogP contribution in [0.1, 0.15) is 37.7 Å². The van der Waals surface area contributed by atoms with Gasteiger partial charge in [-0.1, -0.05) is 43.2 Å². The van der Waals surface area contributed by atoms with Gasteiger partial charge in [-0.2, -0.15) is 0 Å². The first-order chi connectivity index (χ1) is 13.1. The molecule has 5 heteroatoms. The smallest absolute Gasteiger partial charge is 0.227 e. The third-order valence-electron chi connectivity index (χ3n) is 7.30. The molecule has 2 unspecified atom stereocenters. The van der Waals surface area contributed by atoms with Crippen LogP contribution in [0.2, 0.25) is 0 Å². The number of piperazine rings is 1. The number of amides is 1. The zero-order chi connectivity index (χ0) is 18.4. The summed E-state index contributed by atoms with van der Waals surface area (Å²) in [6, 6.07) is 11.1. The highest BCUT2D eigenvalue weighted by Crippen LogP contribution is 2.41. The maximum Gasteiger partial charge on any atom is 0.227 e. The molecule has 5 nitrogen and oxygen atoms in total. The highest BCUT2D eigenvalue weighted by Gasteiger charge is 2.57.